The van der Waals surface area contributed by atoms with Gasteiger partial charge in [-0.3, -0.25) is 0 Å². The second-order valence-electron chi connectivity index (χ2n) is 5.66. The van der Waals surface area contributed by atoms with E-state index in [0.717, 1.165) is 0 Å². The van der Waals surface area contributed by atoms with Gasteiger partial charge in [0, 0.05) is 12.1 Å². The minimum Gasteiger partial charge on any atom is -0.478 e. The third-order valence-corrected chi connectivity index (χ3v) is 3.53. The Labute approximate surface area is 112 Å². The van der Waals surface area contributed by atoms with Crippen LogP contribution in [0, 0.1) is 5.82 Å². The van der Waals surface area contributed by atoms with Crippen molar-refractivity contribution in [3.63, 3.8) is 0 Å². The molecule has 0 amide bonds. The molecule has 0 fully saturated rings. The molecule has 0 radical (unpaired) electrons. The number of benzene rings is 1. The van der Waals surface area contributed by atoms with Crippen LogP contribution in [0.5, 0.6) is 0 Å². The number of hydrogen-bond donors (Lipinski definition) is 3. The number of carboxylic acid groups (broad SMARTS) is 1. The van der Waals surface area contributed by atoms with Gasteiger partial charge in [-0.25, -0.2) is 9.18 Å². The largest absolute Gasteiger partial charge is 0.478 e. The summed E-state index contributed by atoms with van der Waals surface area (Å²) >= 11 is 0. The van der Waals surface area contributed by atoms with Gasteiger partial charge in [-0.2, -0.15) is 0 Å². The van der Waals surface area contributed by atoms with Crippen molar-refractivity contribution < 1.29 is 19.4 Å². The molecular formula is C14H20FNO3. The van der Waals surface area contributed by atoms with Crippen LogP contribution in [0.15, 0.2) is 18.2 Å². The van der Waals surface area contributed by atoms with Crippen molar-refractivity contribution in [2.24, 2.45) is 0 Å². The number of carboxylic acids is 1. The van der Waals surface area contributed by atoms with Crippen molar-refractivity contribution in [1.82, 2.24) is 5.32 Å². The lowest BCUT2D eigenvalue weighted by Gasteiger charge is -2.38. The number of aliphatic hydroxyl groups is 1. The summed E-state index contributed by atoms with van der Waals surface area (Å²) in [5.41, 5.74) is -1.22. The summed E-state index contributed by atoms with van der Waals surface area (Å²) in [6, 6.07) is 3.99. The van der Waals surface area contributed by atoms with Crippen molar-refractivity contribution in [2.75, 3.05) is 0 Å². The molecule has 106 valence electrons. The van der Waals surface area contributed by atoms with Crippen molar-refractivity contribution in [3.05, 3.63) is 35.1 Å². The number of rotatable bonds is 5. The lowest BCUT2D eigenvalue weighted by molar-refractivity contribution is -0.00532. The molecule has 0 bridgehead atoms. The normalized spacial score (nSPS) is 12.5. The lowest BCUT2D eigenvalue weighted by atomic mass is 9.86. The molecule has 5 heteroatoms. The first-order valence-corrected chi connectivity index (χ1v) is 6.04. The van der Waals surface area contributed by atoms with E-state index in [-0.39, 0.29) is 5.56 Å². The van der Waals surface area contributed by atoms with Crippen LogP contribution in [-0.4, -0.2) is 27.3 Å². The van der Waals surface area contributed by atoms with E-state index < -0.39 is 22.9 Å². The Kier molecular flexibility index (Phi) is 4.32. The van der Waals surface area contributed by atoms with Crippen LogP contribution in [0.25, 0.3) is 0 Å². The third-order valence-electron chi connectivity index (χ3n) is 3.53. The quantitative estimate of drug-likeness (QED) is 0.766. The van der Waals surface area contributed by atoms with Gasteiger partial charge in [-0.05, 0) is 45.4 Å². The molecule has 0 aliphatic heterocycles. The highest BCUT2D eigenvalue weighted by Crippen LogP contribution is 2.21. The molecule has 0 aliphatic carbocycles. The van der Waals surface area contributed by atoms with Gasteiger partial charge in [0.2, 0.25) is 0 Å². The maximum absolute atomic E-state index is 13.5. The maximum atomic E-state index is 13.5. The van der Waals surface area contributed by atoms with E-state index in [1.54, 1.807) is 19.9 Å². The Hall–Kier alpha value is -1.46. The predicted octanol–water partition coefficient (Wildman–Crippen LogP) is 2.16. The van der Waals surface area contributed by atoms with E-state index in [0.29, 0.717) is 12.1 Å². The molecule has 4 nitrogen and oxygen atoms in total. The van der Waals surface area contributed by atoms with Crippen LogP contribution in [0.2, 0.25) is 0 Å². The monoisotopic (exact) mass is 269 g/mol. The summed E-state index contributed by atoms with van der Waals surface area (Å²) < 4.78 is 13.5. The number of aromatic carboxylic acids is 1. The highest BCUT2D eigenvalue weighted by molar-refractivity contribution is 5.87. The zero-order valence-electron chi connectivity index (χ0n) is 11.6. The van der Waals surface area contributed by atoms with E-state index in [2.05, 4.69) is 5.32 Å². The molecule has 0 saturated carbocycles. The van der Waals surface area contributed by atoms with Gasteiger partial charge in [0.25, 0.3) is 0 Å². The highest BCUT2D eigenvalue weighted by atomic mass is 19.1. The Morgan fingerprint density at radius 3 is 2.32 bits per heavy atom. The van der Waals surface area contributed by atoms with Crippen LogP contribution < -0.4 is 5.32 Å². The molecule has 0 heterocycles. The minimum atomic E-state index is -1.28. The number of carbonyl (C=O) groups is 1. The Morgan fingerprint density at radius 1 is 1.32 bits per heavy atom. The van der Waals surface area contributed by atoms with Crippen LogP contribution in [0.4, 0.5) is 4.39 Å². The summed E-state index contributed by atoms with van der Waals surface area (Å²) in [6.07, 6.45) is 0. The average molecular weight is 269 g/mol. The molecule has 0 saturated heterocycles. The molecule has 1 aromatic carbocycles. The SMILES string of the molecule is CC(C)(O)C(C)(C)NCc1ccc(C(=O)O)c(F)c1. The fourth-order valence-corrected chi connectivity index (χ4v) is 1.38. The van der Waals surface area contributed by atoms with Crippen molar-refractivity contribution in [2.45, 2.75) is 45.4 Å². The highest BCUT2D eigenvalue weighted by Gasteiger charge is 2.34. The second-order valence-corrected chi connectivity index (χ2v) is 5.66. The fourth-order valence-electron chi connectivity index (χ4n) is 1.38. The summed E-state index contributed by atoms with van der Waals surface area (Å²) in [7, 11) is 0. The Balaban J connectivity index is 2.80. The standard InChI is InChI=1S/C14H20FNO3/c1-13(2,14(3,4)19)16-8-9-5-6-10(12(17)18)11(15)7-9/h5-7,16,19H,8H2,1-4H3,(H,17,18). The number of nitrogens with one attached hydrogen (secondary N) is 1. The summed E-state index contributed by atoms with van der Waals surface area (Å²) in [5, 5.41) is 21.8. The van der Waals surface area contributed by atoms with Crippen LogP contribution in [0.3, 0.4) is 0 Å². The van der Waals surface area contributed by atoms with Gasteiger partial charge in [-0.15, -0.1) is 0 Å². The molecule has 1 rings (SSSR count). The first kappa shape index (κ1) is 15.6. The molecule has 1 aromatic rings. The number of hydrogen-bond acceptors (Lipinski definition) is 3. The molecule has 0 aliphatic rings. The van der Waals surface area contributed by atoms with E-state index in [1.165, 1.54) is 12.1 Å². The maximum Gasteiger partial charge on any atom is 0.338 e. The second kappa shape index (κ2) is 5.27. The van der Waals surface area contributed by atoms with Crippen LogP contribution in [-0.2, 0) is 6.54 Å². The van der Waals surface area contributed by atoms with Gasteiger partial charge >= 0.3 is 5.97 Å². The fraction of sp³-hybridized carbons (Fsp3) is 0.500. The minimum absolute atomic E-state index is 0.341. The van der Waals surface area contributed by atoms with Crippen molar-refractivity contribution in [3.8, 4) is 0 Å². The Bertz CT molecular complexity index is 478. The van der Waals surface area contributed by atoms with Gasteiger partial charge < -0.3 is 15.5 Å². The third kappa shape index (κ3) is 3.75. The molecule has 0 atom stereocenters. The van der Waals surface area contributed by atoms with E-state index >= 15 is 0 Å². The lowest BCUT2D eigenvalue weighted by Crippen LogP contribution is -2.55. The topological polar surface area (TPSA) is 69.6 Å². The van der Waals surface area contributed by atoms with Crippen LogP contribution >= 0.6 is 0 Å². The van der Waals surface area contributed by atoms with Crippen molar-refractivity contribution in [1.29, 1.82) is 0 Å². The van der Waals surface area contributed by atoms with E-state index in [9.17, 15) is 14.3 Å². The van der Waals surface area contributed by atoms with Crippen LogP contribution in [0.1, 0.15) is 43.6 Å². The summed E-state index contributed by atoms with van der Waals surface area (Å²) in [6.45, 7) is 7.40. The summed E-state index contributed by atoms with van der Waals surface area (Å²) in [5.74, 6) is -2.04. The molecule has 3 N–H and O–H groups in total. The van der Waals surface area contributed by atoms with Gasteiger partial charge in [-0.1, -0.05) is 6.07 Å². The zero-order valence-corrected chi connectivity index (χ0v) is 11.6. The van der Waals surface area contributed by atoms with Gasteiger partial charge in [0.15, 0.2) is 0 Å². The molecule has 0 unspecified atom stereocenters. The average Bonchev–Trinajstić information content (AvgIpc) is 2.24. The summed E-state index contributed by atoms with van der Waals surface area (Å²) in [4.78, 5) is 10.7. The van der Waals surface area contributed by atoms with Crippen molar-refractivity contribution >= 4 is 5.97 Å². The smallest absolute Gasteiger partial charge is 0.338 e. The van der Waals surface area contributed by atoms with E-state index in [1.807, 2.05) is 13.8 Å². The van der Waals surface area contributed by atoms with Gasteiger partial charge in [0.05, 0.1) is 11.2 Å². The predicted molar refractivity (Wildman–Crippen MR) is 70.6 cm³/mol. The first-order valence-electron chi connectivity index (χ1n) is 6.04. The molecular weight excluding hydrogens is 249 g/mol. The molecule has 0 aromatic heterocycles. The molecule has 19 heavy (non-hydrogen) atoms. The number of halogens is 1. The zero-order chi connectivity index (χ0) is 14.8. The van der Waals surface area contributed by atoms with E-state index in [4.69, 9.17) is 5.11 Å². The first-order chi connectivity index (χ1) is 8.54. The Morgan fingerprint density at radius 2 is 1.89 bits per heavy atom. The molecule has 0 spiro atoms. The van der Waals surface area contributed by atoms with Gasteiger partial charge in [0.1, 0.15) is 5.82 Å².